The molecule has 0 amide bonds. The van der Waals surface area contributed by atoms with Gasteiger partial charge in [-0.05, 0) is 92.4 Å². The molecule has 0 radical (unpaired) electrons. The van der Waals surface area contributed by atoms with E-state index < -0.39 is 0 Å². The lowest BCUT2D eigenvalue weighted by Crippen LogP contribution is -2.57. The number of alkyl halides is 1. The highest BCUT2D eigenvalue weighted by Crippen LogP contribution is 2.68. The van der Waals surface area contributed by atoms with Crippen LogP contribution in [0.25, 0.3) is 0 Å². The molecule has 0 N–H and O–H groups in total. The van der Waals surface area contributed by atoms with Gasteiger partial charge < -0.3 is 9.47 Å². The molecule has 4 saturated carbocycles. The maximum Gasteiger partial charge on any atom is 0.302 e. The van der Waals surface area contributed by atoms with Gasteiger partial charge >= 0.3 is 5.97 Å². The van der Waals surface area contributed by atoms with E-state index in [1.165, 1.54) is 25.3 Å². The standard InChI is InChI=1S/C29H43ClO4/c1-16(15-30)6-9-24-17(2)27-25(34-24)13-23-21-8-7-19-12-20(33-18(3)31)10-11-28(19,4)22(21)14-26(32)29(23,27)5/h16,19-23,25,27H,6-15H2,1-5H3/t16-,19+,20+,21-,22+,23+,25+,27+,28+,29-/m1/s1. The number of esters is 1. The smallest absolute Gasteiger partial charge is 0.302 e. The minimum Gasteiger partial charge on any atom is -0.494 e. The maximum atomic E-state index is 14.0. The number of ether oxygens (including phenoxy) is 2. The molecule has 5 aliphatic rings. The number of hydrogen-bond donors (Lipinski definition) is 0. The lowest BCUT2D eigenvalue weighted by molar-refractivity contribution is -0.165. The lowest BCUT2D eigenvalue weighted by atomic mass is 9.44. The molecule has 0 aromatic carbocycles. The Morgan fingerprint density at radius 2 is 1.97 bits per heavy atom. The van der Waals surface area contributed by atoms with E-state index in [1.54, 1.807) is 0 Å². The van der Waals surface area contributed by atoms with Crippen LogP contribution in [0, 0.1) is 46.3 Å². The number of allylic oxidation sites excluding steroid dienone is 1. The Hall–Kier alpha value is -1.03. The van der Waals surface area contributed by atoms with Crippen molar-refractivity contribution >= 4 is 23.4 Å². The Bertz CT molecular complexity index is 881. The Kier molecular flexibility index (Phi) is 6.39. The number of carbonyl (C=O) groups is 2. The Morgan fingerprint density at radius 3 is 2.68 bits per heavy atom. The number of hydrogen-bond acceptors (Lipinski definition) is 4. The number of ketones is 1. The molecule has 0 aromatic rings. The molecule has 1 heterocycles. The molecule has 10 atom stereocenters. The molecule has 5 rings (SSSR count). The van der Waals surface area contributed by atoms with Gasteiger partial charge in [-0.15, -0.1) is 11.6 Å². The first-order chi connectivity index (χ1) is 16.1. The zero-order chi connectivity index (χ0) is 24.4. The molecule has 4 fully saturated rings. The van der Waals surface area contributed by atoms with Crippen LogP contribution in [0.1, 0.15) is 92.4 Å². The van der Waals surface area contributed by atoms with Gasteiger partial charge in [-0.1, -0.05) is 20.8 Å². The molecule has 0 bridgehead atoms. The molecule has 4 aliphatic carbocycles. The van der Waals surface area contributed by atoms with Crippen LogP contribution in [0.2, 0.25) is 0 Å². The van der Waals surface area contributed by atoms with Gasteiger partial charge in [-0.2, -0.15) is 0 Å². The third-order valence-electron chi connectivity index (χ3n) is 11.2. The Labute approximate surface area is 210 Å². The van der Waals surface area contributed by atoms with Crippen molar-refractivity contribution in [2.75, 3.05) is 5.88 Å². The fourth-order valence-corrected chi connectivity index (χ4v) is 9.43. The Morgan fingerprint density at radius 1 is 1.21 bits per heavy atom. The SMILES string of the molecule is CC(=O)O[C@H]1CC[C@@]2(C)[C@@H](CC[C@@H]3[C@@H]2CC(=O)[C@@]2(C)[C@H]3C[C@@H]3OC(CC[C@@H](C)CCl)=C(C)[C@@H]32)C1. The third-order valence-corrected chi connectivity index (χ3v) is 11.7. The van der Waals surface area contributed by atoms with Gasteiger partial charge in [0.1, 0.15) is 18.0 Å². The zero-order valence-electron chi connectivity index (χ0n) is 21.7. The Balaban J connectivity index is 1.36. The van der Waals surface area contributed by atoms with Crippen LogP contribution < -0.4 is 0 Å². The molecular weight excluding hydrogens is 448 g/mol. The van der Waals surface area contributed by atoms with Crippen molar-refractivity contribution in [1.82, 2.24) is 0 Å². The normalized spacial score (nSPS) is 46.2. The van der Waals surface area contributed by atoms with E-state index in [0.29, 0.717) is 41.3 Å². The van der Waals surface area contributed by atoms with Crippen molar-refractivity contribution < 1.29 is 19.1 Å². The fraction of sp³-hybridized carbons (Fsp3) is 0.862. The van der Waals surface area contributed by atoms with Crippen LogP contribution in [-0.2, 0) is 19.1 Å². The predicted octanol–water partition coefficient (Wildman–Crippen LogP) is 6.69. The number of halogens is 1. The van der Waals surface area contributed by atoms with Crippen LogP contribution >= 0.6 is 11.6 Å². The predicted molar refractivity (Wildman–Crippen MR) is 133 cm³/mol. The summed E-state index contributed by atoms with van der Waals surface area (Å²) in [5.41, 5.74) is 1.24. The summed E-state index contributed by atoms with van der Waals surface area (Å²) in [6.45, 7) is 10.7. The van der Waals surface area contributed by atoms with Crippen LogP contribution in [0.4, 0.5) is 0 Å². The largest absolute Gasteiger partial charge is 0.494 e. The van der Waals surface area contributed by atoms with Crippen LogP contribution in [0.5, 0.6) is 0 Å². The summed E-state index contributed by atoms with van der Waals surface area (Å²) in [5.74, 6) is 4.92. The third kappa shape index (κ3) is 3.68. The highest BCUT2D eigenvalue weighted by atomic mass is 35.5. The van der Waals surface area contributed by atoms with Gasteiger partial charge in [0.15, 0.2) is 0 Å². The summed E-state index contributed by atoms with van der Waals surface area (Å²) in [4.78, 5) is 25.6. The number of rotatable bonds is 5. The maximum absolute atomic E-state index is 14.0. The molecule has 0 spiro atoms. The summed E-state index contributed by atoms with van der Waals surface area (Å²) >= 11 is 6.03. The molecule has 4 nitrogen and oxygen atoms in total. The van der Waals surface area contributed by atoms with Gasteiger partial charge in [-0.25, -0.2) is 0 Å². The van der Waals surface area contributed by atoms with E-state index in [4.69, 9.17) is 21.1 Å². The van der Waals surface area contributed by atoms with Crippen LogP contribution in [-0.4, -0.2) is 29.8 Å². The van der Waals surface area contributed by atoms with E-state index in [-0.39, 0.29) is 34.9 Å². The van der Waals surface area contributed by atoms with Crippen molar-refractivity contribution in [2.45, 2.75) is 105 Å². The molecule has 34 heavy (non-hydrogen) atoms. The summed E-state index contributed by atoms with van der Waals surface area (Å²) < 4.78 is 12.2. The van der Waals surface area contributed by atoms with E-state index in [9.17, 15) is 9.59 Å². The topological polar surface area (TPSA) is 52.6 Å². The van der Waals surface area contributed by atoms with E-state index >= 15 is 0 Å². The van der Waals surface area contributed by atoms with Crippen molar-refractivity contribution in [3.8, 4) is 0 Å². The second-order valence-electron chi connectivity index (χ2n) is 12.8. The molecule has 0 saturated heterocycles. The summed E-state index contributed by atoms with van der Waals surface area (Å²) in [6, 6.07) is 0. The van der Waals surface area contributed by atoms with E-state index in [2.05, 4.69) is 27.7 Å². The van der Waals surface area contributed by atoms with Crippen molar-refractivity contribution in [1.29, 1.82) is 0 Å². The fourth-order valence-electron chi connectivity index (χ4n) is 9.28. The first-order valence-corrected chi connectivity index (χ1v) is 14.3. The van der Waals surface area contributed by atoms with E-state index in [0.717, 1.165) is 50.7 Å². The van der Waals surface area contributed by atoms with Crippen LogP contribution in [0.15, 0.2) is 11.3 Å². The van der Waals surface area contributed by atoms with Crippen LogP contribution in [0.3, 0.4) is 0 Å². The minimum atomic E-state index is -0.284. The number of fused-ring (bicyclic) bond motifs is 7. The lowest BCUT2D eigenvalue weighted by Gasteiger charge is -2.60. The monoisotopic (exact) mass is 490 g/mol. The summed E-state index contributed by atoms with van der Waals surface area (Å²) in [5, 5.41) is 0. The molecule has 1 aliphatic heterocycles. The van der Waals surface area contributed by atoms with Gasteiger partial charge in [-0.3, -0.25) is 9.59 Å². The highest BCUT2D eigenvalue weighted by molar-refractivity contribution is 6.18. The average Bonchev–Trinajstić information content (AvgIpc) is 3.27. The first-order valence-electron chi connectivity index (χ1n) is 13.7. The molecule has 0 unspecified atom stereocenters. The van der Waals surface area contributed by atoms with Gasteiger partial charge in [0, 0.05) is 37.0 Å². The quantitative estimate of drug-likeness (QED) is 0.318. The average molecular weight is 491 g/mol. The van der Waals surface area contributed by atoms with Crippen molar-refractivity contribution in [2.24, 2.45) is 46.3 Å². The minimum absolute atomic E-state index is 0.0589. The molecule has 5 heteroatoms. The zero-order valence-corrected chi connectivity index (χ0v) is 22.5. The van der Waals surface area contributed by atoms with Gasteiger partial charge in [0.2, 0.25) is 0 Å². The van der Waals surface area contributed by atoms with E-state index in [1.807, 2.05) is 0 Å². The first kappa shape index (κ1) is 24.7. The van der Waals surface area contributed by atoms with Gasteiger partial charge in [0.05, 0.1) is 5.76 Å². The number of Topliss-reactive ketones (excluding diaryl/α,β-unsaturated/α-hetero) is 1. The summed E-state index contributed by atoms with van der Waals surface area (Å²) in [6.07, 6.45) is 9.33. The highest BCUT2D eigenvalue weighted by Gasteiger charge is 2.67. The second kappa shape index (κ2) is 8.82. The number of carbonyl (C=O) groups excluding carboxylic acids is 2. The second-order valence-corrected chi connectivity index (χ2v) is 13.2. The van der Waals surface area contributed by atoms with Crippen molar-refractivity contribution in [3.05, 3.63) is 11.3 Å². The van der Waals surface area contributed by atoms with Crippen molar-refractivity contribution in [3.63, 3.8) is 0 Å². The molecular formula is C29H43ClO4. The summed E-state index contributed by atoms with van der Waals surface area (Å²) in [7, 11) is 0. The van der Waals surface area contributed by atoms with Gasteiger partial charge in [0.25, 0.3) is 0 Å². The molecule has 0 aromatic heterocycles. The molecule has 190 valence electrons.